The highest BCUT2D eigenvalue weighted by Crippen LogP contribution is 2.33. The number of nitrogens with one attached hydrogen (secondary N) is 2. The summed E-state index contributed by atoms with van der Waals surface area (Å²) in [5, 5.41) is 5.51. The van der Waals surface area contributed by atoms with Crippen molar-refractivity contribution in [2.45, 2.75) is 19.8 Å². The van der Waals surface area contributed by atoms with Crippen molar-refractivity contribution in [1.82, 2.24) is 9.88 Å². The number of aryl methyl sites for hydroxylation is 2. The smallest absolute Gasteiger partial charge is 0.262 e. The fourth-order valence-corrected chi connectivity index (χ4v) is 3.43. The maximum Gasteiger partial charge on any atom is 0.262 e. The van der Waals surface area contributed by atoms with Crippen molar-refractivity contribution in [1.29, 1.82) is 0 Å². The van der Waals surface area contributed by atoms with Gasteiger partial charge in [-0.3, -0.25) is 24.3 Å². The van der Waals surface area contributed by atoms with E-state index in [0.29, 0.717) is 5.69 Å². The molecule has 0 atom stereocenters. The standard InChI is InChI=1S/C17H16N4O3/c1-8-4-5-9-3-2-6-19-13(9)14(8)21-11(22)7-10-12(15(21)18)17(24)20-16(10)23/h4-5,7,19H,2-3,6,18H2,1H3,(H,20,23,24). The lowest BCUT2D eigenvalue weighted by atomic mass is 9.99. The van der Waals surface area contributed by atoms with Crippen LogP contribution in [-0.4, -0.2) is 22.9 Å². The molecule has 2 aliphatic rings. The maximum absolute atomic E-state index is 12.7. The number of anilines is 2. The Hall–Kier alpha value is -3.09. The lowest BCUT2D eigenvalue weighted by Crippen LogP contribution is -2.26. The van der Waals surface area contributed by atoms with Crippen LogP contribution < -0.4 is 21.9 Å². The van der Waals surface area contributed by atoms with Gasteiger partial charge in [-0.1, -0.05) is 12.1 Å². The number of imide groups is 1. The van der Waals surface area contributed by atoms with E-state index in [1.54, 1.807) is 0 Å². The first-order chi connectivity index (χ1) is 11.5. The van der Waals surface area contributed by atoms with E-state index < -0.39 is 17.4 Å². The van der Waals surface area contributed by atoms with E-state index in [1.807, 2.05) is 19.1 Å². The molecule has 0 saturated heterocycles. The number of rotatable bonds is 1. The molecule has 0 fully saturated rings. The lowest BCUT2D eigenvalue weighted by molar-refractivity contribution is 0.0880. The molecule has 0 aliphatic carbocycles. The molecule has 2 aliphatic heterocycles. The zero-order valence-corrected chi connectivity index (χ0v) is 13.1. The number of nitrogen functional groups attached to an aromatic ring is 1. The summed E-state index contributed by atoms with van der Waals surface area (Å²) in [6.45, 7) is 2.69. The topological polar surface area (TPSA) is 106 Å². The van der Waals surface area contributed by atoms with Crippen molar-refractivity contribution in [3.63, 3.8) is 0 Å². The van der Waals surface area contributed by atoms with Gasteiger partial charge in [0, 0.05) is 12.6 Å². The molecule has 2 amide bonds. The number of fused-ring (bicyclic) bond motifs is 2. The fourth-order valence-electron chi connectivity index (χ4n) is 3.43. The average molecular weight is 324 g/mol. The predicted molar refractivity (Wildman–Crippen MR) is 89.8 cm³/mol. The molecule has 7 heteroatoms. The second-order valence-electron chi connectivity index (χ2n) is 6.07. The summed E-state index contributed by atoms with van der Waals surface area (Å²) in [6.07, 6.45) is 1.93. The number of pyridine rings is 1. The summed E-state index contributed by atoms with van der Waals surface area (Å²) < 4.78 is 1.32. The number of nitrogens with zero attached hydrogens (tertiary/aromatic N) is 1. The summed E-state index contributed by atoms with van der Waals surface area (Å²) >= 11 is 0. The molecule has 0 saturated carbocycles. The van der Waals surface area contributed by atoms with Crippen LogP contribution >= 0.6 is 0 Å². The third kappa shape index (κ3) is 1.87. The molecule has 1 aromatic heterocycles. The van der Waals surface area contributed by atoms with Crippen molar-refractivity contribution < 1.29 is 9.59 Å². The number of carbonyl (C=O) groups is 2. The van der Waals surface area contributed by atoms with Gasteiger partial charge in [-0.25, -0.2) is 0 Å². The van der Waals surface area contributed by atoms with E-state index in [4.69, 9.17) is 5.73 Å². The van der Waals surface area contributed by atoms with Crippen molar-refractivity contribution >= 4 is 23.3 Å². The van der Waals surface area contributed by atoms with E-state index in [0.717, 1.165) is 36.2 Å². The zero-order valence-electron chi connectivity index (χ0n) is 13.1. The highest BCUT2D eigenvalue weighted by atomic mass is 16.2. The Balaban J connectivity index is 2.07. The molecular weight excluding hydrogens is 308 g/mol. The molecule has 2 aromatic rings. The molecule has 4 rings (SSSR count). The molecule has 122 valence electrons. The molecule has 7 nitrogen and oxygen atoms in total. The van der Waals surface area contributed by atoms with Crippen LogP contribution in [0.4, 0.5) is 11.5 Å². The third-order valence-electron chi connectivity index (χ3n) is 4.57. The second kappa shape index (κ2) is 4.95. The van der Waals surface area contributed by atoms with E-state index in [2.05, 4.69) is 10.6 Å². The molecule has 4 N–H and O–H groups in total. The minimum Gasteiger partial charge on any atom is -0.384 e. The zero-order chi connectivity index (χ0) is 17.0. The Labute approximate surface area is 137 Å². The van der Waals surface area contributed by atoms with Crippen molar-refractivity contribution in [2.24, 2.45) is 0 Å². The molecule has 0 bridgehead atoms. The third-order valence-corrected chi connectivity index (χ3v) is 4.57. The van der Waals surface area contributed by atoms with Gasteiger partial charge in [-0.05, 0) is 30.9 Å². The van der Waals surface area contributed by atoms with E-state index >= 15 is 0 Å². The molecule has 1 aromatic carbocycles. The number of benzene rings is 1. The van der Waals surface area contributed by atoms with Crippen LogP contribution in [0.3, 0.4) is 0 Å². The Bertz CT molecular complexity index is 975. The largest absolute Gasteiger partial charge is 0.384 e. The maximum atomic E-state index is 12.7. The Morgan fingerprint density at radius 2 is 1.96 bits per heavy atom. The normalized spacial score (nSPS) is 15.5. The van der Waals surface area contributed by atoms with Crippen LogP contribution in [0.5, 0.6) is 0 Å². The minimum atomic E-state index is -0.587. The van der Waals surface area contributed by atoms with Crippen LogP contribution in [0.1, 0.15) is 38.3 Å². The van der Waals surface area contributed by atoms with Gasteiger partial charge in [0.05, 0.1) is 22.5 Å². The predicted octanol–water partition coefficient (Wildman–Crippen LogP) is 0.970. The minimum absolute atomic E-state index is 0.00952. The highest BCUT2D eigenvalue weighted by Gasteiger charge is 2.32. The second-order valence-corrected chi connectivity index (χ2v) is 6.07. The van der Waals surface area contributed by atoms with Gasteiger partial charge in [-0.15, -0.1) is 0 Å². The van der Waals surface area contributed by atoms with Gasteiger partial charge in [0.2, 0.25) is 0 Å². The molecule has 0 unspecified atom stereocenters. The van der Waals surface area contributed by atoms with Crippen molar-refractivity contribution in [3.05, 3.63) is 50.8 Å². The number of nitrogens with two attached hydrogens (primary N) is 1. The summed E-state index contributed by atoms with van der Waals surface area (Å²) in [5.74, 6) is -1.17. The van der Waals surface area contributed by atoms with E-state index in [9.17, 15) is 14.4 Å². The van der Waals surface area contributed by atoms with E-state index in [1.165, 1.54) is 10.6 Å². The SMILES string of the molecule is Cc1ccc2c(c1-n1c(N)c3c(cc1=O)C(=O)NC3=O)NCCC2. The number of carbonyl (C=O) groups excluding carboxylic acids is 2. The van der Waals surface area contributed by atoms with E-state index in [-0.39, 0.29) is 16.9 Å². The fraction of sp³-hybridized carbons (Fsp3) is 0.235. The first-order valence-corrected chi connectivity index (χ1v) is 7.77. The van der Waals surface area contributed by atoms with Crippen LogP contribution in [0.15, 0.2) is 23.0 Å². The first kappa shape index (κ1) is 14.5. The van der Waals surface area contributed by atoms with Crippen molar-refractivity contribution in [3.8, 4) is 5.69 Å². The summed E-state index contributed by atoms with van der Waals surface area (Å²) in [5.41, 5.74) is 9.28. The van der Waals surface area contributed by atoms with Crippen LogP contribution in [-0.2, 0) is 6.42 Å². The number of aromatic nitrogens is 1. The Kier molecular flexibility index (Phi) is 2.99. The Morgan fingerprint density at radius 1 is 1.17 bits per heavy atom. The van der Waals surface area contributed by atoms with Gasteiger partial charge >= 0.3 is 0 Å². The van der Waals surface area contributed by atoms with Gasteiger partial charge in [0.25, 0.3) is 17.4 Å². The molecule has 0 spiro atoms. The lowest BCUT2D eigenvalue weighted by Gasteiger charge is -2.24. The summed E-state index contributed by atoms with van der Waals surface area (Å²) in [4.78, 5) is 36.5. The molecular formula is C17H16N4O3. The summed E-state index contributed by atoms with van der Waals surface area (Å²) in [7, 11) is 0. The number of hydrogen-bond acceptors (Lipinski definition) is 5. The van der Waals surface area contributed by atoms with Gasteiger partial charge in [-0.2, -0.15) is 0 Å². The average Bonchev–Trinajstić information content (AvgIpc) is 2.83. The molecule has 24 heavy (non-hydrogen) atoms. The quantitative estimate of drug-likeness (QED) is 0.678. The van der Waals surface area contributed by atoms with Crippen LogP contribution in [0.25, 0.3) is 5.69 Å². The molecule has 0 radical (unpaired) electrons. The number of hydrogen-bond donors (Lipinski definition) is 3. The monoisotopic (exact) mass is 324 g/mol. The van der Waals surface area contributed by atoms with Gasteiger partial charge < -0.3 is 11.1 Å². The van der Waals surface area contributed by atoms with Crippen LogP contribution in [0.2, 0.25) is 0 Å². The van der Waals surface area contributed by atoms with Crippen LogP contribution in [0, 0.1) is 6.92 Å². The first-order valence-electron chi connectivity index (χ1n) is 7.77. The number of amides is 2. The Morgan fingerprint density at radius 3 is 2.75 bits per heavy atom. The summed E-state index contributed by atoms with van der Waals surface area (Å²) in [6, 6.07) is 5.14. The van der Waals surface area contributed by atoms with Gasteiger partial charge in [0.1, 0.15) is 5.82 Å². The highest BCUT2D eigenvalue weighted by molar-refractivity contribution is 6.23. The van der Waals surface area contributed by atoms with Crippen molar-refractivity contribution in [2.75, 3.05) is 17.6 Å². The van der Waals surface area contributed by atoms with Gasteiger partial charge in [0.15, 0.2) is 0 Å². The molecule has 3 heterocycles.